The van der Waals surface area contributed by atoms with Gasteiger partial charge in [-0.15, -0.1) is 0 Å². The second kappa shape index (κ2) is 4.57. The summed E-state index contributed by atoms with van der Waals surface area (Å²) in [5.74, 6) is 0. The van der Waals surface area contributed by atoms with Gasteiger partial charge >= 0.3 is 0 Å². The van der Waals surface area contributed by atoms with Crippen LogP contribution in [-0.4, -0.2) is 6.67 Å². The Balaban J connectivity index is 1.94. The van der Waals surface area contributed by atoms with Gasteiger partial charge in [0.25, 0.3) is 0 Å². The first-order chi connectivity index (χ1) is 10.9. The van der Waals surface area contributed by atoms with Crippen molar-refractivity contribution in [2.45, 2.75) is 40.8 Å². The normalized spacial score (nSPS) is 15.5. The first kappa shape index (κ1) is 14.2. The summed E-state index contributed by atoms with van der Waals surface area (Å²) >= 11 is 0. The third-order valence-corrected chi connectivity index (χ3v) is 5.51. The number of fused-ring (bicyclic) bond motifs is 6. The number of hydrogen-bond donors (Lipinski definition) is 2. The minimum atomic E-state index is 0.897. The summed E-state index contributed by atoms with van der Waals surface area (Å²) in [6.07, 6.45) is 0. The zero-order valence-corrected chi connectivity index (χ0v) is 14.3. The Morgan fingerprint density at radius 2 is 1.13 bits per heavy atom. The Morgan fingerprint density at radius 3 is 1.52 bits per heavy atom. The van der Waals surface area contributed by atoms with Crippen LogP contribution in [0.3, 0.4) is 0 Å². The molecule has 0 aliphatic carbocycles. The predicted molar refractivity (Wildman–Crippen MR) is 97.9 cm³/mol. The van der Waals surface area contributed by atoms with Crippen molar-refractivity contribution < 1.29 is 0 Å². The molecular weight excluding hydrogens is 284 g/mol. The number of nitrogens with two attached hydrogens (primary N) is 2. The Morgan fingerprint density at radius 1 is 0.739 bits per heavy atom. The van der Waals surface area contributed by atoms with E-state index in [1.165, 1.54) is 44.8 Å². The Hall–Kier alpha value is -2.36. The maximum atomic E-state index is 6.21. The molecule has 4 nitrogen and oxygen atoms in total. The van der Waals surface area contributed by atoms with Gasteiger partial charge in [0.2, 0.25) is 0 Å². The molecule has 0 atom stereocenters. The molecule has 2 aliphatic heterocycles. The van der Waals surface area contributed by atoms with Gasteiger partial charge in [-0.2, -0.15) is 0 Å². The van der Waals surface area contributed by atoms with Crippen molar-refractivity contribution in [1.82, 2.24) is 0 Å². The molecule has 0 saturated heterocycles. The van der Waals surface area contributed by atoms with Crippen LogP contribution in [0.2, 0.25) is 0 Å². The number of hydrogen-bond acceptors (Lipinski definition) is 4. The van der Waals surface area contributed by atoms with Crippen LogP contribution >= 0.6 is 0 Å². The van der Waals surface area contributed by atoms with E-state index < -0.39 is 0 Å². The van der Waals surface area contributed by atoms with E-state index in [0.717, 1.165) is 31.1 Å². The van der Waals surface area contributed by atoms with Crippen molar-refractivity contribution in [3.63, 3.8) is 0 Å². The monoisotopic (exact) mass is 308 g/mol. The standard InChI is InChI=1S/C19H24N4/c1-10-5-16(20)12(3)14-7-23-9-22(18(10)14)8-15-13(4)17(21)6-11(2)19(15)23/h5-6H,7-9,20-21H2,1-4H3. The fourth-order valence-corrected chi connectivity index (χ4v) is 4.25. The molecule has 2 bridgehead atoms. The third kappa shape index (κ3) is 1.84. The molecule has 0 saturated carbocycles. The highest BCUT2D eigenvalue weighted by Gasteiger charge is 2.33. The van der Waals surface area contributed by atoms with Crippen molar-refractivity contribution in [3.8, 4) is 0 Å². The first-order valence-corrected chi connectivity index (χ1v) is 8.15. The molecule has 120 valence electrons. The number of benzene rings is 2. The van der Waals surface area contributed by atoms with Crippen LogP contribution in [-0.2, 0) is 13.1 Å². The van der Waals surface area contributed by atoms with Crippen LogP contribution < -0.4 is 21.3 Å². The molecule has 2 aromatic carbocycles. The smallest absolute Gasteiger partial charge is 0.0910 e. The fraction of sp³-hybridized carbons (Fsp3) is 0.368. The van der Waals surface area contributed by atoms with Gasteiger partial charge in [-0.25, -0.2) is 0 Å². The minimum Gasteiger partial charge on any atom is -0.398 e. The van der Waals surface area contributed by atoms with E-state index in [9.17, 15) is 0 Å². The number of rotatable bonds is 0. The maximum absolute atomic E-state index is 6.21. The molecule has 4 N–H and O–H groups in total. The Kier molecular flexibility index (Phi) is 2.83. The van der Waals surface area contributed by atoms with Gasteiger partial charge < -0.3 is 21.3 Å². The van der Waals surface area contributed by atoms with Gasteiger partial charge in [0.05, 0.1) is 6.67 Å². The van der Waals surface area contributed by atoms with Gasteiger partial charge in [-0.3, -0.25) is 0 Å². The van der Waals surface area contributed by atoms with Gasteiger partial charge in [-0.05, 0) is 62.1 Å². The number of nitrogen functional groups attached to an aromatic ring is 2. The highest BCUT2D eigenvalue weighted by molar-refractivity contribution is 5.78. The van der Waals surface area contributed by atoms with E-state index in [4.69, 9.17) is 11.5 Å². The molecule has 0 radical (unpaired) electrons. The lowest BCUT2D eigenvalue weighted by Crippen LogP contribution is -2.47. The number of aryl methyl sites for hydroxylation is 2. The second-order valence-corrected chi connectivity index (χ2v) is 7.01. The van der Waals surface area contributed by atoms with Gasteiger partial charge in [0.15, 0.2) is 0 Å². The van der Waals surface area contributed by atoms with Crippen LogP contribution in [0.5, 0.6) is 0 Å². The first-order valence-electron chi connectivity index (χ1n) is 8.15. The molecule has 0 amide bonds. The average Bonchev–Trinajstić information content (AvgIpc) is 2.49. The average molecular weight is 308 g/mol. The second-order valence-electron chi connectivity index (χ2n) is 7.01. The topological polar surface area (TPSA) is 58.5 Å². The number of anilines is 4. The van der Waals surface area contributed by atoms with Crippen molar-refractivity contribution in [2.75, 3.05) is 27.9 Å². The lowest BCUT2D eigenvalue weighted by molar-refractivity contribution is 0.643. The summed E-state index contributed by atoms with van der Waals surface area (Å²) in [4.78, 5) is 4.93. The van der Waals surface area contributed by atoms with E-state index in [2.05, 4.69) is 49.6 Å². The zero-order valence-electron chi connectivity index (χ0n) is 14.3. The van der Waals surface area contributed by atoms with E-state index in [-0.39, 0.29) is 0 Å². The van der Waals surface area contributed by atoms with E-state index in [1.807, 2.05) is 0 Å². The van der Waals surface area contributed by atoms with Crippen molar-refractivity contribution in [3.05, 3.63) is 45.5 Å². The molecule has 0 fully saturated rings. The van der Waals surface area contributed by atoms with Crippen molar-refractivity contribution in [2.24, 2.45) is 0 Å². The fourth-order valence-electron chi connectivity index (χ4n) is 4.25. The molecule has 0 spiro atoms. The summed E-state index contributed by atoms with van der Waals surface area (Å²) in [5.41, 5.74) is 24.6. The maximum Gasteiger partial charge on any atom is 0.0910 e. The summed E-state index contributed by atoms with van der Waals surface area (Å²) in [6.45, 7) is 11.4. The highest BCUT2D eigenvalue weighted by atomic mass is 15.4. The van der Waals surface area contributed by atoms with Crippen molar-refractivity contribution >= 4 is 22.7 Å². The van der Waals surface area contributed by atoms with Crippen LogP contribution in [0.1, 0.15) is 33.4 Å². The van der Waals surface area contributed by atoms with E-state index in [1.54, 1.807) is 0 Å². The summed E-state index contributed by atoms with van der Waals surface area (Å²) in [5, 5.41) is 0. The quantitative estimate of drug-likeness (QED) is 0.733. The minimum absolute atomic E-state index is 0.897. The van der Waals surface area contributed by atoms with Crippen molar-refractivity contribution in [1.29, 1.82) is 0 Å². The molecule has 0 unspecified atom stereocenters. The molecule has 2 aromatic rings. The third-order valence-electron chi connectivity index (χ3n) is 5.51. The largest absolute Gasteiger partial charge is 0.398 e. The number of nitrogens with zero attached hydrogens (tertiary/aromatic N) is 2. The lowest BCUT2D eigenvalue weighted by Gasteiger charge is -2.47. The highest BCUT2D eigenvalue weighted by Crippen LogP contribution is 2.45. The van der Waals surface area contributed by atoms with E-state index >= 15 is 0 Å². The molecule has 4 heteroatoms. The van der Waals surface area contributed by atoms with Crippen LogP contribution in [0.4, 0.5) is 22.7 Å². The lowest BCUT2D eigenvalue weighted by atomic mass is 9.91. The zero-order chi connectivity index (χ0) is 16.5. The van der Waals surface area contributed by atoms with Crippen LogP contribution in [0.25, 0.3) is 0 Å². The van der Waals surface area contributed by atoms with Gasteiger partial charge in [-0.1, -0.05) is 0 Å². The van der Waals surface area contributed by atoms with Gasteiger partial charge in [0.1, 0.15) is 0 Å². The Bertz CT molecular complexity index is 769. The molecule has 0 aromatic heterocycles. The molecule has 23 heavy (non-hydrogen) atoms. The summed E-state index contributed by atoms with van der Waals surface area (Å²) in [6, 6.07) is 4.22. The summed E-state index contributed by atoms with van der Waals surface area (Å²) in [7, 11) is 0. The van der Waals surface area contributed by atoms with Crippen LogP contribution in [0, 0.1) is 27.7 Å². The van der Waals surface area contributed by atoms with E-state index in [0.29, 0.717) is 0 Å². The predicted octanol–water partition coefficient (Wildman–Crippen LogP) is 3.38. The van der Waals surface area contributed by atoms with Gasteiger partial charge in [0, 0.05) is 47.0 Å². The summed E-state index contributed by atoms with van der Waals surface area (Å²) < 4.78 is 0. The SMILES string of the molecule is Cc1cc(N)c(C)c2c1N1Cc3c(C)c(N)cc(C)c3N(C2)C1. The van der Waals surface area contributed by atoms with Crippen LogP contribution in [0.15, 0.2) is 12.1 Å². The Labute approximate surface area is 137 Å². The molecule has 2 heterocycles. The molecular formula is C19H24N4. The molecule has 4 rings (SSSR count). The molecule has 2 aliphatic rings.